The lowest BCUT2D eigenvalue weighted by molar-refractivity contribution is -0.116. The van der Waals surface area contributed by atoms with E-state index in [-0.39, 0.29) is 5.91 Å². The van der Waals surface area contributed by atoms with E-state index >= 15 is 0 Å². The second-order valence-electron chi connectivity index (χ2n) is 4.09. The number of benzene rings is 1. The maximum Gasteiger partial charge on any atom is 0.243 e. The molecule has 1 aromatic carbocycles. The molecule has 0 saturated carbocycles. The number of nitrogen functional groups attached to an aromatic ring is 1. The number of hydrogen-bond donors (Lipinski definition) is 2. The Hall–Kier alpha value is -1.77. The number of unbranched alkanes of at least 4 members (excludes halogenated alkanes) is 1. The molecule has 0 bridgehead atoms. The molecule has 1 amide bonds. The first-order chi connectivity index (χ1) is 8.13. The zero-order valence-electron chi connectivity index (χ0n) is 10.5. The smallest absolute Gasteiger partial charge is 0.243 e. The van der Waals surface area contributed by atoms with Gasteiger partial charge in [-0.05, 0) is 36.6 Å². The van der Waals surface area contributed by atoms with Crippen molar-refractivity contribution in [2.75, 3.05) is 12.3 Å². The molecule has 0 unspecified atom stereocenters. The van der Waals surface area contributed by atoms with Crippen LogP contribution in [0.25, 0.3) is 6.08 Å². The second kappa shape index (κ2) is 6.74. The minimum atomic E-state index is -0.0578. The van der Waals surface area contributed by atoms with Crippen molar-refractivity contribution in [3.05, 3.63) is 35.4 Å². The summed E-state index contributed by atoms with van der Waals surface area (Å²) in [5.74, 6) is -0.0578. The molecule has 0 aliphatic heterocycles. The van der Waals surface area contributed by atoms with Gasteiger partial charge in [-0.15, -0.1) is 0 Å². The first-order valence-electron chi connectivity index (χ1n) is 5.95. The van der Waals surface area contributed by atoms with Crippen LogP contribution in [0, 0.1) is 6.92 Å². The third-order valence-corrected chi connectivity index (χ3v) is 2.56. The Labute approximate surface area is 103 Å². The average molecular weight is 232 g/mol. The van der Waals surface area contributed by atoms with E-state index in [1.807, 2.05) is 25.1 Å². The van der Waals surface area contributed by atoms with Gasteiger partial charge in [-0.3, -0.25) is 4.79 Å². The van der Waals surface area contributed by atoms with Crippen molar-refractivity contribution in [1.29, 1.82) is 0 Å². The van der Waals surface area contributed by atoms with E-state index in [1.165, 1.54) is 0 Å². The van der Waals surface area contributed by atoms with Crippen LogP contribution in [0.1, 0.15) is 30.9 Å². The zero-order chi connectivity index (χ0) is 12.7. The van der Waals surface area contributed by atoms with Crippen LogP contribution in [-0.4, -0.2) is 12.5 Å². The highest BCUT2D eigenvalue weighted by molar-refractivity contribution is 5.91. The van der Waals surface area contributed by atoms with E-state index in [2.05, 4.69) is 12.2 Å². The van der Waals surface area contributed by atoms with Crippen molar-refractivity contribution in [2.45, 2.75) is 26.7 Å². The van der Waals surface area contributed by atoms with E-state index in [1.54, 1.807) is 12.2 Å². The van der Waals surface area contributed by atoms with Gasteiger partial charge in [-0.2, -0.15) is 0 Å². The molecule has 1 aromatic rings. The molecule has 0 aromatic heterocycles. The van der Waals surface area contributed by atoms with Gasteiger partial charge in [0, 0.05) is 18.3 Å². The normalized spacial score (nSPS) is 10.7. The third-order valence-electron chi connectivity index (χ3n) is 2.56. The minimum Gasteiger partial charge on any atom is -0.398 e. The fourth-order valence-corrected chi connectivity index (χ4v) is 1.38. The van der Waals surface area contributed by atoms with Crippen molar-refractivity contribution in [3.63, 3.8) is 0 Å². The summed E-state index contributed by atoms with van der Waals surface area (Å²) < 4.78 is 0. The van der Waals surface area contributed by atoms with Crippen molar-refractivity contribution < 1.29 is 4.79 Å². The molecule has 0 spiro atoms. The quantitative estimate of drug-likeness (QED) is 0.465. The van der Waals surface area contributed by atoms with E-state index in [0.29, 0.717) is 0 Å². The van der Waals surface area contributed by atoms with Crippen LogP contribution in [0.2, 0.25) is 0 Å². The van der Waals surface area contributed by atoms with Crippen molar-refractivity contribution >= 4 is 17.7 Å². The Morgan fingerprint density at radius 3 is 2.88 bits per heavy atom. The maximum atomic E-state index is 11.4. The molecule has 0 fully saturated rings. The molecule has 0 atom stereocenters. The van der Waals surface area contributed by atoms with E-state index in [9.17, 15) is 4.79 Å². The number of aryl methyl sites for hydroxylation is 1. The molecule has 1 rings (SSSR count). The molecule has 0 saturated heterocycles. The zero-order valence-corrected chi connectivity index (χ0v) is 10.5. The van der Waals surface area contributed by atoms with E-state index in [0.717, 1.165) is 36.2 Å². The molecule has 0 aliphatic rings. The van der Waals surface area contributed by atoms with Crippen molar-refractivity contribution in [1.82, 2.24) is 5.32 Å². The van der Waals surface area contributed by atoms with Crippen LogP contribution in [0.3, 0.4) is 0 Å². The van der Waals surface area contributed by atoms with Crippen LogP contribution in [-0.2, 0) is 4.79 Å². The van der Waals surface area contributed by atoms with Crippen LogP contribution in [0.5, 0.6) is 0 Å². The highest BCUT2D eigenvalue weighted by Crippen LogP contribution is 2.13. The number of nitrogens with two attached hydrogens (primary N) is 1. The first kappa shape index (κ1) is 13.3. The number of rotatable bonds is 5. The topological polar surface area (TPSA) is 55.1 Å². The lowest BCUT2D eigenvalue weighted by atomic mass is 10.1. The monoisotopic (exact) mass is 232 g/mol. The van der Waals surface area contributed by atoms with Gasteiger partial charge in [0.05, 0.1) is 0 Å². The lowest BCUT2D eigenvalue weighted by Crippen LogP contribution is -2.21. The van der Waals surface area contributed by atoms with Crippen molar-refractivity contribution in [3.8, 4) is 0 Å². The van der Waals surface area contributed by atoms with Crippen LogP contribution < -0.4 is 11.1 Å². The predicted octanol–water partition coefficient (Wildman–Crippen LogP) is 2.51. The standard InChI is InChI=1S/C14H20N2O/c1-3-4-9-16-14(17)8-7-12-6-5-11(2)13(15)10-12/h5-8,10H,3-4,9,15H2,1-2H3,(H,16,17)/b8-7+. The summed E-state index contributed by atoms with van der Waals surface area (Å²) in [5, 5.41) is 2.82. The summed E-state index contributed by atoms with van der Waals surface area (Å²) in [6.45, 7) is 4.78. The van der Waals surface area contributed by atoms with Gasteiger partial charge in [-0.25, -0.2) is 0 Å². The Balaban J connectivity index is 2.52. The maximum absolute atomic E-state index is 11.4. The third kappa shape index (κ3) is 4.72. The molecule has 3 N–H and O–H groups in total. The van der Waals surface area contributed by atoms with Gasteiger partial charge in [0.25, 0.3) is 0 Å². The SMILES string of the molecule is CCCCNC(=O)/C=C/c1ccc(C)c(N)c1. The number of anilines is 1. The van der Waals surface area contributed by atoms with Gasteiger partial charge in [0.2, 0.25) is 5.91 Å². The predicted molar refractivity (Wildman–Crippen MR) is 72.5 cm³/mol. The van der Waals surface area contributed by atoms with Crippen LogP contribution in [0.4, 0.5) is 5.69 Å². The molecular weight excluding hydrogens is 212 g/mol. The Kier molecular flexibility index (Phi) is 5.27. The first-order valence-corrected chi connectivity index (χ1v) is 5.95. The summed E-state index contributed by atoms with van der Waals surface area (Å²) >= 11 is 0. The van der Waals surface area contributed by atoms with Crippen molar-refractivity contribution in [2.24, 2.45) is 0 Å². The number of carbonyl (C=O) groups excluding carboxylic acids is 1. The number of carbonyl (C=O) groups is 1. The molecule has 92 valence electrons. The van der Waals surface area contributed by atoms with Gasteiger partial charge >= 0.3 is 0 Å². The molecule has 3 nitrogen and oxygen atoms in total. The minimum absolute atomic E-state index is 0.0578. The number of hydrogen-bond acceptors (Lipinski definition) is 2. The fraction of sp³-hybridized carbons (Fsp3) is 0.357. The van der Waals surface area contributed by atoms with Crippen LogP contribution >= 0.6 is 0 Å². The molecule has 0 aliphatic carbocycles. The van der Waals surface area contributed by atoms with E-state index < -0.39 is 0 Å². The van der Waals surface area contributed by atoms with Gasteiger partial charge in [0.15, 0.2) is 0 Å². The Morgan fingerprint density at radius 1 is 1.47 bits per heavy atom. The van der Waals surface area contributed by atoms with Crippen LogP contribution in [0.15, 0.2) is 24.3 Å². The summed E-state index contributed by atoms with van der Waals surface area (Å²) in [6, 6.07) is 5.76. The average Bonchev–Trinajstić information content (AvgIpc) is 2.31. The molecule has 0 heterocycles. The Bertz CT molecular complexity index is 411. The Morgan fingerprint density at radius 2 is 2.24 bits per heavy atom. The highest BCUT2D eigenvalue weighted by atomic mass is 16.1. The molecule has 17 heavy (non-hydrogen) atoms. The van der Waals surface area contributed by atoms with Gasteiger partial charge in [-0.1, -0.05) is 25.5 Å². The summed E-state index contributed by atoms with van der Waals surface area (Å²) in [6.07, 6.45) is 5.41. The molecular formula is C14H20N2O. The highest BCUT2D eigenvalue weighted by Gasteiger charge is 1.96. The molecule has 0 radical (unpaired) electrons. The van der Waals surface area contributed by atoms with Gasteiger partial charge < -0.3 is 11.1 Å². The summed E-state index contributed by atoms with van der Waals surface area (Å²) in [4.78, 5) is 11.4. The number of nitrogens with one attached hydrogen (secondary N) is 1. The largest absolute Gasteiger partial charge is 0.398 e. The summed E-state index contributed by atoms with van der Waals surface area (Å²) in [7, 11) is 0. The number of amides is 1. The lowest BCUT2D eigenvalue weighted by Gasteiger charge is -2.01. The summed E-state index contributed by atoms with van der Waals surface area (Å²) in [5.41, 5.74) is 8.53. The molecule has 3 heteroatoms. The van der Waals surface area contributed by atoms with E-state index in [4.69, 9.17) is 5.73 Å². The fourth-order valence-electron chi connectivity index (χ4n) is 1.38. The second-order valence-corrected chi connectivity index (χ2v) is 4.09. The van der Waals surface area contributed by atoms with Gasteiger partial charge in [0.1, 0.15) is 0 Å².